The van der Waals surface area contributed by atoms with Crippen molar-refractivity contribution in [2.24, 2.45) is 27.9 Å². The number of rotatable bonds is 14. The van der Waals surface area contributed by atoms with Crippen LogP contribution in [-0.2, 0) is 28.7 Å². The lowest BCUT2D eigenvalue weighted by atomic mass is 9.81. The molecule has 15 nitrogen and oxygen atoms in total. The number of likely N-dealkylation sites (tertiary alicyclic amines) is 2. The van der Waals surface area contributed by atoms with Crippen molar-refractivity contribution in [3.05, 3.63) is 12.7 Å². The number of nitrogens with two attached hydrogens (primary N) is 1. The molecule has 0 aromatic carbocycles. The summed E-state index contributed by atoms with van der Waals surface area (Å²) in [6, 6.07) is -4.55. The summed E-state index contributed by atoms with van der Waals surface area (Å²) in [6.07, 6.45) is 2.55. The van der Waals surface area contributed by atoms with Crippen molar-refractivity contribution in [1.82, 2.24) is 31.1 Å². The fourth-order valence-corrected chi connectivity index (χ4v) is 6.40. The van der Waals surface area contributed by atoms with Crippen molar-refractivity contribution < 1.29 is 38.3 Å². The zero-order valence-electron chi connectivity index (χ0n) is 31.6. The predicted molar refractivity (Wildman–Crippen MR) is 190 cm³/mol. The fraction of sp³-hybridized carbons (Fsp3) is 0.750. The Hall–Kier alpha value is -4.17. The second-order valence-electron chi connectivity index (χ2n) is 17.2. The van der Waals surface area contributed by atoms with Crippen LogP contribution < -0.4 is 27.0 Å². The van der Waals surface area contributed by atoms with E-state index in [-0.39, 0.29) is 43.2 Å². The summed E-state index contributed by atoms with van der Waals surface area (Å²) >= 11 is 0. The van der Waals surface area contributed by atoms with E-state index in [0.29, 0.717) is 19.5 Å². The van der Waals surface area contributed by atoms with E-state index in [1.807, 2.05) is 20.8 Å². The minimum Gasteiger partial charge on any atom is -0.444 e. The number of ketones is 1. The van der Waals surface area contributed by atoms with Crippen LogP contribution in [0.5, 0.6) is 0 Å². The molecule has 0 bridgehead atoms. The predicted octanol–water partition coefficient (Wildman–Crippen LogP) is 1.98. The summed E-state index contributed by atoms with van der Waals surface area (Å²) in [4.78, 5) is 95.1. The van der Waals surface area contributed by atoms with E-state index in [4.69, 9.17) is 10.5 Å². The van der Waals surface area contributed by atoms with Crippen LogP contribution in [-0.4, -0.2) is 108 Å². The number of carbonyl (C=O) groups excluding carboxylic acids is 7. The van der Waals surface area contributed by atoms with Crippen LogP contribution >= 0.6 is 0 Å². The summed E-state index contributed by atoms with van der Waals surface area (Å²) in [5.74, 6) is -2.79. The average molecular weight is 718 g/mol. The Labute approximate surface area is 301 Å². The SMILES string of the molecule is C=CCNC(=O)C(=O)C(CC1CC1)NC(=O)[C@@H]1C[C@@H](OC(N)=O)CN1C(=O)[C@@H](NC(=O)N[C@H](CN1CCC(C)(C)CC1=O)C(C)(C)C)C(C)(C)C. The summed E-state index contributed by atoms with van der Waals surface area (Å²) in [5, 5.41) is 10.9. The van der Waals surface area contributed by atoms with Gasteiger partial charge in [-0.05, 0) is 35.0 Å². The molecular weight excluding hydrogens is 658 g/mol. The van der Waals surface area contributed by atoms with Crippen LogP contribution in [0.2, 0.25) is 0 Å². The molecule has 1 saturated carbocycles. The van der Waals surface area contributed by atoms with Crippen molar-refractivity contribution in [2.75, 3.05) is 26.2 Å². The minimum absolute atomic E-state index is 0.0232. The van der Waals surface area contributed by atoms with Crippen molar-refractivity contribution in [3.8, 4) is 0 Å². The van der Waals surface area contributed by atoms with Crippen LogP contribution in [0.25, 0.3) is 0 Å². The van der Waals surface area contributed by atoms with Gasteiger partial charge in [0.05, 0.1) is 18.6 Å². The standard InChI is InChI=1S/C36H59N7O8/c1-10-14-38-30(47)27(45)23(16-21-11-12-21)39-29(46)24-17-22(51-32(37)49)19-43(24)31(48)28(35(5,6)7)41-33(50)40-25(34(2,3)4)20-42-15-13-36(8,9)18-26(42)44/h10,21-25,28H,1,11-20H2,2-9H3,(H2,37,49)(H,38,47)(H,39,46)(H2,40,41,50)/t22-,23?,24+,25-,28-/m1/s1. The summed E-state index contributed by atoms with van der Waals surface area (Å²) in [5.41, 5.74) is 3.90. The molecule has 286 valence electrons. The highest BCUT2D eigenvalue weighted by atomic mass is 16.6. The van der Waals surface area contributed by atoms with Crippen LogP contribution in [0.4, 0.5) is 9.59 Å². The lowest BCUT2D eigenvalue weighted by molar-refractivity contribution is -0.144. The molecule has 1 unspecified atom stereocenters. The molecule has 2 saturated heterocycles. The Morgan fingerprint density at radius 3 is 2.20 bits per heavy atom. The van der Waals surface area contributed by atoms with Gasteiger partial charge in [-0.2, -0.15) is 0 Å². The Morgan fingerprint density at radius 2 is 1.67 bits per heavy atom. The summed E-state index contributed by atoms with van der Waals surface area (Å²) in [7, 11) is 0. The van der Waals surface area contributed by atoms with Crippen LogP contribution in [0.15, 0.2) is 12.7 Å². The van der Waals surface area contributed by atoms with Crippen molar-refractivity contribution in [2.45, 2.75) is 124 Å². The van der Waals surface area contributed by atoms with Gasteiger partial charge in [0.2, 0.25) is 23.5 Å². The van der Waals surface area contributed by atoms with E-state index >= 15 is 0 Å². The quantitative estimate of drug-likeness (QED) is 0.132. The van der Waals surface area contributed by atoms with Gasteiger partial charge in [0.15, 0.2) is 0 Å². The Morgan fingerprint density at radius 1 is 1.02 bits per heavy atom. The van der Waals surface area contributed by atoms with E-state index in [1.165, 1.54) is 11.0 Å². The third-order valence-corrected chi connectivity index (χ3v) is 9.84. The Kier molecular flexibility index (Phi) is 13.3. The number of nitrogens with one attached hydrogen (secondary N) is 4. The van der Waals surface area contributed by atoms with Crippen molar-refractivity contribution in [1.29, 1.82) is 0 Å². The molecule has 0 aromatic rings. The highest BCUT2D eigenvalue weighted by molar-refractivity contribution is 6.38. The topological polar surface area (TPSA) is 209 Å². The smallest absolute Gasteiger partial charge is 0.404 e. The van der Waals surface area contributed by atoms with Gasteiger partial charge in [-0.25, -0.2) is 9.59 Å². The highest BCUT2D eigenvalue weighted by Crippen LogP contribution is 2.34. The van der Waals surface area contributed by atoms with E-state index < -0.39 is 76.7 Å². The number of Topliss-reactive ketones (excluding diaryl/α,β-unsaturated/α-hetero) is 1. The van der Waals surface area contributed by atoms with Gasteiger partial charge in [-0.3, -0.25) is 24.0 Å². The van der Waals surface area contributed by atoms with Gasteiger partial charge in [0.1, 0.15) is 18.2 Å². The Bertz CT molecular complexity index is 1360. The molecule has 51 heavy (non-hydrogen) atoms. The van der Waals surface area contributed by atoms with Gasteiger partial charge < -0.3 is 41.5 Å². The maximum atomic E-state index is 14.3. The van der Waals surface area contributed by atoms with E-state index in [0.717, 1.165) is 19.3 Å². The number of hydrogen-bond acceptors (Lipinski definition) is 8. The largest absolute Gasteiger partial charge is 0.444 e. The third kappa shape index (κ3) is 12.0. The van der Waals surface area contributed by atoms with E-state index in [1.54, 1.807) is 25.7 Å². The number of piperidine rings is 1. The molecule has 1 aliphatic carbocycles. The van der Waals surface area contributed by atoms with Crippen LogP contribution in [0, 0.1) is 22.2 Å². The normalized spacial score (nSPS) is 22.2. The monoisotopic (exact) mass is 717 g/mol. The molecule has 0 spiro atoms. The van der Waals surface area contributed by atoms with Crippen LogP contribution in [0.1, 0.15) is 93.9 Å². The maximum absolute atomic E-state index is 14.3. The molecule has 0 radical (unpaired) electrons. The molecule has 7 amide bonds. The number of carbonyl (C=O) groups is 7. The van der Waals surface area contributed by atoms with Gasteiger partial charge in [0, 0.05) is 32.5 Å². The van der Waals surface area contributed by atoms with Gasteiger partial charge in [-0.15, -0.1) is 6.58 Å². The molecule has 2 aliphatic heterocycles. The minimum atomic E-state index is -1.20. The Balaban J connectivity index is 1.82. The van der Waals surface area contributed by atoms with Gasteiger partial charge in [-0.1, -0.05) is 74.3 Å². The molecular formula is C36H59N7O8. The van der Waals surface area contributed by atoms with Gasteiger partial charge >= 0.3 is 12.1 Å². The highest BCUT2D eigenvalue weighted by Gasteiger charge is 2.47. The van der Waals surface area contributed by atoms with Crippen LogP contribution in [0.3, 0.4) is 0 Å². The lowest BCUT2D eigenvalue weighted by Gasteiger charge is -2.41. The number of amides is 7. The third-order valence-electron chi connectivity index (χ3n) is 9.84. The number of nitrogens with zero attached hydrogens (tertiary/aromatic N) is 2. The van der Waals surface area contributed by atoms with E-state index in [2.05, 4.69) is 41.7 Å². The number of urea groups is 1. The summed E-state index contributed by atoms with van der Waals surface area (Å²) < 4.78 is 5.20. The first-order valence-electron chi connectivity index (χ1n) is 17.9. The molecule has 3 rings (SSSR count). The second kappa shape index (κ2) is 16.4. The summed E-state index contributed by atoms with van der Waals surface area (Å²) in [6.45, 7) is 19.6. The van der Waals surface area contributed by atoms with Crippen molar-refractivity contribution in [3.63, 3.8) is 0 Å². The fourth-order valence-electron chi connectivity index (χ4n) is 6.40. The molecule has 5 atom stereocenters. The first-order chi connectivity index (χ1) is 23.5. The lowest BCUT2D eigenvalue weighted by Crippen LogP contribution is -2.62. The zero-order valence-corrected chi connectivity index (χ0v) is 31.6. The van der Waals surface area contributed by atoms with Gasteiger partial charge in [0.25, 0.3) is 5.91 Å². The first kappa shape index (κ1) is 41.3. The number of primary amides is 1. The maximum Gasteiger partial charge on any atom is 0.404 e. The second-order valence-corrected chi connectivity index (χ2v) is 17.2. The molecule has 3 fully saturated rings. The number of ether oxygens (including phenoxy) is 1. The first-order valence-corrected chi connectivity index (χ1v) is 17.9. The molecule has 0 aromatic heterocycles. The average Bonchev–Trinajstić information content (AvgIpc) is 3.72. The molecule has 3 aliphatic rings. The van der Waals surface area contributed by atoms with E-state index in [9.17, 15) is 33.6 Å². The number of hydrogen-bond donors (Lipinski definition) is 5. The molecule has 6 N–H and O–H groups in total. The zero-order chi connectivity index (χ0) is 38.5. The van der Waals surface area contributed by atoms with Crippen molar-refractivity contribution >= 4 is 41.5 Å². The molecule has 15 heteroatoms. The molecule has 2 heterocycles.